The van der Waals surface area contributed by atoms with Crippen molar-refractivity contribution in [3.05, 3.63) is 66.2 Å². The van der Waals surface area contributed by atoms with E-state index >= 15 is 0 Å². The fourth-order valence-electron chi connectivity index (χ4n) is 1.87. The molecule has 0 aliphatic heterocycles. The zero-order valence-electron chi connectivity index (χ0n) is 12.2. The first-order chi connectivity index (χ1) is 10.7. The molecule has 0 saturated carbocycles. The van der Waals surface area contributed by atoms with Gasteiger partial charge in [0.15, 0.2) is 0 Å². The van der Waals surface area contributed by atoms with E-state index in [1.54, 1.807) is 12.1 Å². The van der Waals surface area contributed by atoms with Crippen molar-refractivity contribution in [3.63, 3.8) is 0 Å². The van der Waals surface area contributed by atoms with Gasteiger partial charge in [-0.05, 0) is 17.7 Å². The minimum atomic E-state index is -0.318. The van der Waals surface area contributed by atoms with E-state index in [1.165, 1.54) is 0 Å². The van der Waals surface area contributed by atoms with Crippen molar-refractivity contribution in [1.29, 1.82) is 0 Å². The van der Waals surface area contributed by atoms with Crippen LogP contribution in [0.25, 0.3) is 0 Å². The largest absolute Gasteiger partial charge is 0.352 e. The van der Waals surface area contributed by atoms with Crippen LogP contribution in [-0.4, -0.2) is 18.5 Å². The van der Waals surface area contributed by atoms with Gasteiger partial charge in [-0.3, -0.25) is 4.79 Å². The van der Waals surface area contributed by atoms with Gasteiger partial charge >= 0.3 is 6.03 Å². The Morgan fingerprint density at radius 2 is 1.45 bits per heavy atom. The molecule has 5 nitrogen and oxygen atoms in total. The number of para-hydroxylation sites is 1. The number of benzene rings is 2. The topological polar surface area (TPSA) is 70.2 Å². The van der Waals surface area contributed by atoms with E-state index in [-0.39, 0.29) is 18.4 Å². The van der Waals surface area contributed by atoms with Crippen molar-refractivity contribution in [2.24, 2.45) is 0 Å². The summed E-state index contributed by atoms with van der Waals surface area (Å²) in [5.41, 5.74) is 1.76. The Kier molecular flexibility index (Phi) is 5.99. The van der Waals surface area contributed by atoms with Crippen LogP contribution in [0.5, 0.6) is 0 Å². The van der Waals surface area contributed by atoms with E-state index in [9.17, 15) is 9.59 Å². The summed E-state index contributed by atoms with van der Waals surface area (Å²) in [7, 11) is 0. The van der Waals surface area contributed by atoms with Gasteiger partial charge in [0, 0.05) is 25.2 Å². The smallest absolute Gasteiger partial charge is 0.319 e. The van der Waals surface area contributed by atoms with E-state index in [2.05, 4.69) is 16.0 Å². The third-order valence-corrected chi connectivity index (χ3v) is 3.00. The van der Waals surface area contributed by atoms with Gasteiger partial charge in [0.2, 0.25) is 5.91 Å². The highest BCUT2D eigenvalue weighted by Gasteiger charge is 2.04. The molecule has 0 atom stereocenters. The fourth-order valence-corrected chi connectivity index (χ4v) is 1.87. The molecule has 0 aromatic heterocycles. The summed E-state index contributed by atoms with van der Waals surface area (Å²) < 4.78 is 0. The monoisotopic (exact) mass is 297 g/mol. The first-order valence-electron chi connectivity index (χ1n) is 7.14. The van der Waals surface area contributed by atoms with Crippen molar-refractivity contribution >= 4 is 17.6 Å². The Bertz CT molecular complexity index is 600. The number of hydrogen-bond acceptors (Lipinski definition) is 2. The highest BCUT2D eigenvalue weighted by atomic mass is 16.2. The summed E-state index contributed by atoms with van der Waals surface area (Å²) in [6.07, 6.45) is 0.245. The van der Waals surface area contributed by atoms with E-state index in [0.717, 1.165) is 5.56 Å². The molecule has 0 saturated heterocycles. The number of nitrogens with one attached hydrogen (secondary N) is 3. The Morgan fingerprint density at radius 1 is 0.818 bits per heavy atom. The van der Waals surface area contributed by atoms with Gasteiger partial charge in [0.25, 0.3) is 0 Å². The molecule has 0 bridgehead atoms. The molecule has 0 radical (unpaired) electrons. The molecule has 0 unspecified atom stereocenters. The maximum absolute atomic E-state index is 11.7. The van der Waals surface area contributed by atoms with Gasteiger partial charge < -0.3 is 16.0 Å². The van der Waals surface area contributed by atoms with Gasteiger partial charge in [0.05, 0.1) is 0 Å². The molecule has 0 aliphatic carbocycles. The molecule has 2 aromatic carbocycles. The van der Waals surface area contributed by atoms with E-state index < -0.39 is 0 Å². The second-order valence-corrected chi connectivity index (χ2v) is 4.76. The predicted octanol–water partition coefficient (Wildman–Crippen LogP) is 2.51. The first-order valence-corrected chi connectivity index (χ1v) is 7.14. The van der Waals surface area contributed by atoms with Gasteiger partial charge in [-0.2, -0.15) is 0 Å². The third kappa shape index (κ3) is 5.66. The molecule has 3 N–H and O–H groups in total. The van der Waals surface area contributed by atoms with Crippen molar-refractivity contribution in [2.75, 3.05) is 11.9 Å². The normalized spacial score (nSPS) is 9.82. The number of carbonyl (C=O) groups excluding carboxylic acids is 2. The molecule has 5 heteroatoms. The van der Waals surface area contributed by atoms with Crippen LogP contribution in [0.15, 0.2) is 60.7 Å². The standard InChI is InChI=1S/C17H19N3O2/c21-16(19-13-14-7-3-1-4-8-14)11-12-18-17(22)20-15-9-5-2-6-10-15/h1-10H,11-13H2,(H,19,21)(H2,18,20,22). The van der Waals surface area contributed by atoms with Crippen molar-refractivity contribution in [1.82, 2.24) is 10.6 Å². The van der Waals surface area contributed by atoms with Crippen molar-refractivity contribution in [2.45, 2.75) is 13.0 Å². The summed E-state index contributed by atoms with van der Waals surface area (Å²) in [6.45, 7) is 0.787. The zero-order chi connectivity index (χ0) is 15.6. The van der Waals surface area contributed by atoms with Gasteiger partial charge in [-0.1, -0.05) is 48.5 Å². The Balaban J connectivity index is 1.61. The Morgan fingerprint density at radius 3 is 2.14 bits per heavy atom. The van der Waals surface area contributed by atoms with Crippen molar-refractivity contribution < 1.29 is 9.59 Å². The van der Waals surface area contributed by atoms with Gasteiger partial charge in [-0.25, -0.2) is 4.79 Å². The van der Waals surface area contributed by atoms with Crippen LogP contribution in [0, 0.1) is 0 Å². The summed E-state index contributed by atoms with van der Waals surface area (Å²) in [5, 5.41) is 8.15. The summed E-state index contributed by atoms with van der Waals surface area (Å²) in [5.74, 6) is -0.0936. The van der Waals surface area contributed by atoms with Crippen LogP contribution in [-0.2, 0) is 11.3 Å². The molecule has 0 spiro atoms. The highest BCUT2D eigenvalue weighted by Crippen LogP contribution is 2.04. The lowest BCUT2D eigenvalue weighted by molar-refractivity contribution is -0.121. The third-order valence-electron chi connectivity index (χ3n) is 3.00. The van der Waals surface area contributed by atoms with E-state index in [1.807, 2.05) is 48.5 Å². The minimum absolute atomic E-state index is 0.0936. The summed E-state index contributed by atoms with van der Waals surface area (Å²) >= 11 is 0. The maximum atomic E-state index is 11.7. The van der Waals surface area contributed by atoms with Crippen LogP contribution < -0.4 is 16.0 Å². The Hall–Kier alpha value is -2.82. The molecule has 3 amide bonds. The number of hydrogen-bond donors (Lipinski definition) is 3. The lowest BCUT2D eigenvalue weighted by Gasteiger charge is -2.08. The van der Waals surface area contributed by atoms with E-state index in [4.69, 9.17) is 0 Å². The SMILES string of the molecule is O=C(CCNC(=O)Nc1ccccc1)NCc1ccccc1. The number of urea groups is 1. The highest BCUT2D eigenvalue weighted by molar-refractivity contribution is 5.89. The molecule has 22 heavy (non-hydrogen) atoms. The second kappa shape index (κ2) is 8.46. The van der Waals surface area contributed by atoms with E-state index in [0.29, 0.717) is 18.8 Å². The first kappa shape index (κ1) is 15.6. The van der Waals surface area contributed by atoms with Crippen molar-refractivity contribution in [3.8, 4) is 0 Å². The molecule has 114 valence electrons. The molecule has 0 aliphatic rings. The maximum Gasteiger partial charge on any atom is 0.319 e. The number of rotatable bonds is 6. The molecular formula is C17H19N3O2. The molecular weight excluding hydrogens is 278 g/mol. The lowest BCUT2D eigenvalue weighted by atomic mass is 10.2. The number of carbonyl (C=O) groups is 2. The van der Waals surface area contributed by atoms with Gasteiger partial charge in [-0.15, -0.1) is 0 Å². The predicted molar refractivity (Wildman–Crippen MR) is 86.4 cm³/mol. The van der Waals surface area contributed by atoms with Crippen LogP contribution >= 0.6 is 0 Å². The molecule has 0 heterocycles. The Labute approximate surface area is 129 Å². The average molecular weight is 297 g/mol. The summed E-state index contributed by atoms with van der Waals surface area (Å²) in [6, 6.07) is 18.5. The van der Waals surface area contributed by atoms with Crippen LogP contribution in [0.2, 0.25) is 0 Å². The second-order valence-electron chi connectivity index (χ2n) is 4.76. The van der Waals surface area contributed by atoms with Crippen LogP contribution in [0.4, 0.5) is 10.5 Å². The fraction of sp³-hybridized carbons (Fsp3) is 0.176. The summed E-state index contributed by atoms with van der Waals surface area (Å²) in [4.78, 5) is 23.3. The number of amides is 3. The molecule has 0 fully saturated rings. The van der Waals surface area contributed by atoms with Crippen LogP contribution in [0.3, 0.4) is 0 Å². The molecule has 2 rings (SSSR count). The lowest BCUT2D eigenvalue weighted by Crippen LogP contribution is -2.33. The minimum Gasteiger partial charge on any atom is -0.352 e. The zero-order valence-corrected chi connectivity index (χ0v) is 12.2. The average Bonchev–Trinajstić information content (AvgIpc) is 2.55. The molecule has 2 aromatic rings. The van der Waals surface area contributed by atoms with Gasteiger partial charge in [0.1, 0.15) is 0 Å². The quantitative estimate of drug-likeness (QED) is 0.766. The van der Waals surface area contributed by atoms with Crippen LogP contribution in [0.1, 0.15) is 12.0 Å². The number of anilines is 1.